The summed E-state index contributed by atoms with van der Waals surface area (Å²) >= 11 is 0. The number of carboxylic acid groups (broad SMARTS) is 1. The zero-order valence-electron chi connectivity index (χ0n) is 22.3. The highest BCUT2D eigenvalue weighted by Crippen LogP contribution is 2.34. The molecule has 4 nitrogen and oxygen atoms in total. The van der Waals surface area contributed by atoms with Crippen molar-refractivity contribution < 1.29 is 9.90 Å². The van der Waals surface area contributed by atoms with E-state index >= 15 is 0 Å². The Hall–Kier alpha value is -2.23. The topological polar surface area (TPSA) is 63.1 Å². The molecule has 4 heteroatoms. The maximum Gasteiger partial charge on any atom is 0.303 e. The summed E-state index contributed by atoms with van der Waals surface area (Å²) in [6.07, 6.45) is 24.5. The fraction of sp³-hybridized carbons (Fsp3) is 0.645. The van der Waals surface area contributed by atoms with Crippen molar-refractivity contribution in [2.45, 2.75) is 129 Å². The lowest BCUT2D eigenvalue weighted by molar-refractivity contribution is -0.137. The summed E-state index contributed by atoms with van der Waals surface area (Å²) in [6, 6.07) is 8.94. The Labute approximate surface area is 214 Å². The average Bonchev–Trinajstić information content (AvgIpc) is 3.42. The van der Waals surface area contributed by atoms with Gasteiger partial charge in [-0.2, -0.15) is 0 Å². The van der Waals surface area contributed by atoms with Crippen LogP contribution in [0.1, 0.15) is 134 Å². The van der Waals surface area contributed by atoms with Crippen molar-refractivity contribution >= 4 is 5.97 Å². The number of hydrogen-bond donors (Lipinski definition) is 1. The highest BCUT2D eigenvalue weighted by Gasteiger charge is 2.16. The van der Waals surface area contributed by atoms with E-state index in [9.17, 15) is 4.79 Å². The first-order valence-corrected chi connectivity index (χ1v) is 14.3. The van der Waals surface area contributed by atoms with Crippen LogP contribution in [0.15, 0.2) is 36.7 Å². The van der Waals surface area contributed by atoms with E-state index in [-0.39, 0.29) is 0 Å². The third kappa shape index (κ3) is 12.3. The van der Waals surface area contributed by atoms with Crippen LogP contribution < -0.4 is 0 Å². The van der Waals surface area contributed by atoms with Crippen molar-refractivity contribution in [2.75, 3.05) is 0 Å². The van der Waals surface area contributed by atoms with Crippen LogP contribution in [0.2, 0.25) is 0 Å². The van der Waals surface area contributed by atoms with Gasteiger partial charge in [-0.15, -0.1) is 0 Å². The molecule has 0 atom stereocenters. The minimum Gasteiger partial charge on any atom is -0.481 e. The predicted octanol–water partition coefficient (Wildman–Crippen LogP) is 9.14. The Morgan fingerprint density at radius 3 is 1.91 bits per heavy atom. The largest absolute Gasteiger partial charge is 0.481 e. The molecule has 0 amide bonds. The highest BCUT2D eigenvalue weighted by atomic mass is 16.4. The summed E-state index contributed by atoms with van der Waals surface area (Å²) in [6.45, 7) is 4.42. The molecule has 194 valence electrons. The molecule has 0 radical (unpaired) electrons. The van der Waals surface area contributed by atoms with Gasteiger partial charge in [-0.05, 0) is 49.1 Å². The normalized spacial score (nSPS) is 13.4. The van der Waals surface area contributed by atoms with Crippen LogP contribution in [0.25, 0.3) is 11.4 Å². The second kappa shape index (κ2) is 18.1. The van der Waals surface area contributed by atoms with Crippen LogP contribution in [0.4, 0.5) is 0 Å². The molecule has 1 fully saturated rings. The van der Waals surface area contributed by atoms with Crippen LogP contribution in [0.5, 0.6) is 0 Å². The van der Waals surface area contributed by atoms with E-state index in [2.05, 4.69) is 48.1 Å². The second-order valence-electron chi connectivity index (χ2n) is 10.1. The highest BCUT2D eigenvalue weighted by molar-refractivity contribution is 5.66. The minimum absolute atomic E-state index is 0.337. The Balaban J connectivity index is 0.000000367. The molecule has 0 saturated heterocycles. The zero-order valence-corrected chi connectivity index (χ0v) is 22.3. The average molecular weight is 481 g/mol. The third-order valence-corrected chi connectivity index (χ3v) is 7.01. The fourth-order valence-electron chi connectivity index (χ4n) is 4.79. The van der Waals surface area contributed by atoms with Gasteiger partial charge < -0.3 is 5.11 Å². The zero-order chi connectivity index (χ0) is 25.1. The van der Waals surface area contributed by atoms with E-state index in [0.717, 1.165) is 36.6 Å². The SMILES string of the molecule is CCCCCCCC(=O)O.CCCCCCCCc1cnc(-c2ccc(C3CCCC3)cc2)nc1. The van der Waals surface area contributed by atoms with Crippen LogP contribution in [0, 0.1) is 0 Å². The van der Waals surface area contributed by atoms with Gasteiger partial charge in [-0.1, -0.05) is 109 Å². The molecule has 3 rings (SSSR count). The first kappa shape index (κ1) is 29.0. The lowest BCUT2D eigenvalue weighted by Gasteiger charge is -2.10. The van der Waals surface area contributed by atoms with E-state index in [1.807, 2.05) is 12.4 Å². The lowest BCUT2D eigenvalue weighted by Crippen LogP contribution is -1.95. The van der Waals surface area contributed by atoms with Crippen LogP contribution in [-0.4, -0.2) is 21.0 Å². The molecule has 0 spiro atoms. The monoisotopic (exact) mass is 480 g/mol. The number of benzene rings is 1. The van der Waals surface area contributed by atoms with Crippen molar-refractivity contribution in [3.05, 3.63) is 47.8 Å². The van der Waals surface area contributed by atoms with Crippen molar-refractivity contribution in [2.24, 2.45) is 0 Å². The number of nitrogens with zero attached hydrogens (tertiary/aromatic N) is 2. The molecular weight excluding hydrogens is 432 g/mol. The standard InChI is InChI=1S/C23H32N2.C8H16O2/c1-2-3-4-5-6-7-10-19-17-24-23(25-18-19)22-15-13-21(14-16-22)20-11-8-9-12-20;1-2-3-4-5-6-7-8(9)10/h13-18,20H,2-12H2,1H3;2-7H2,1H3,(H,9,10). The second-order valence-corrected chi connectivity index (χ2v) is 10.1. The number of carbonyl (C=O) groups is 1. The van der Waals surface area contributed by atoms with E-state index in [1.165, 1.54) is 94.6 Å². The number of hydrogen-bond acceptors (Lipinski definition) is 3. The molecule has 0 aliphatic heterocycles. The van der Waals surface area contributed by atoms with Gasteiger partial charge in [0.1, 0.15) is 0 Å². The fourth-order valence-corrected chi connectivity index (χ4v) is 4.79. The molecule has 0 unspecified atom stereocenters. The maximum absolute atomic E-state index is 10.0. The van der Waals surface area contributed by atoms with Gasteiger partial charge in [0.15, 0.2) is 5.82 Å². The van der Waals surface area contributed by atoms with Crippen LogP contribution >= 0.6 is 0 Å². The molecule has 1 aliphatic rings. The quantitative estimate of drug-likeness (QED) is 0.258. The van der Waals surface area contributed by atoms with Gasteiger partial charge in [0.05, 0.1) is 0 Å². The van der Waals surface area contributed by atoms with Gasteiger partial charge in [-0.25, -0.2) is 9.97 Å². The van der Waals surface area contributed by atoms with Gasteiger partial charge in [0, 0.05) is 24.4 Å². The van der Waals surface area contributed by atoms with Crippen molar-refractivity contribution in [3.63, 3.8) is 0 Å². The maximum atomic E-state index is 10.0. The molecule has 1 heterocycles. The molecule has 1 N–H and O–H groups in total. The van der Waals surface area contributed by atoms with Crippen LogP contribution in [0.3, 0.4) is 0 Å². The van der Waals surface area contributed by atoms with E-state index < -0.39 is 5.97 Å². The summed E-state index contributed by atoms with van der Waals surface area (Å²) in [5.74, 6) is 0.954. The van der Waals surface area contributed by atoms with Gasteiger partial charge >= 0.3 is 5.97 Å². The summed E-state index contributed by atoms with van der Waals surface area (Å²) in [7, 11) is 0. The lowest BCUT2D eigenvalue weighted by atomic mass is 9.96. The Bertz CT molecular complexity index is 796. The molecule has 0 bridgehead atoms. The first-order valence-electron chi connectivity index (χ1n) is 14.3. The minimum atomic E-state index is -0.670. The summed E-state index contributed by atoms with van der Waals surface area (Å²) in [4.78, 5) is 19.2. The van der Waals surface area contributed by atoms with Crippen molar-refractivity contribution in [3.8, 4) is 11.4 Å². The van der Waals surface area contributed by atoms with E-state index in [4.69, 9.17) is 5.11 Å². The summed E-state index contributed by atoms with van der Waals surface area (Å²) in [5, 5.41) is 8.27. The van der Waals surface area contributed by atoms with Crippen molar-refractivity contribution in [1.29, 1.82) is 0 Å². The Morgan fingerprint density at radius 1 is 0.800 bits per heavy atom. The summed E-state index contributed by atoms with van der Waals surface area (Å²) < 4.78 is 0. The predicted molar refractivity (Wildman–Crippen MR) is 147 cm³/mol. The molecule has 35 heavy (non-hydrogen) atoms. The first-order chi connectivity index (χ1) is 17.1. The van der Waals surface area contributed by atoms with Gasteiger partial charge in [0.2, 0.25) is 0 Å². The van der Waals surface area contributed by atoms with Crippen molar-refractivity contribution in [1.82, 2.24) is 9.97 Å². The number of unbranched alkanes of at least 4 members (excludes halogenated alkanes) is 9. The summed E-state index contributed by atoms with van der Waals surface area (Å²) in [5.41, 5.74) is 3.88. The van der Waals surface area contributed by atoms with E-state index in [1.54, 1.807) is 0 Å². The van der Waals surface area contributed by atoms with Gasteiger partial charge in [-0.3, -0.25) is 4.79 Å². The molecule has 1 aromatic carbocycles. The molecule has 1 saturated carbocycles. The van der Waals surface area contributed by atoms with Crippen LogP contribution in [-0.2, 0) is 11.2 Å². The Morgan fingerprint density at radius 2 is 1.34 bits per heavy atom. The smallest absolute Gasteiger partial charge is 0.303 e. The third-order valence-electron chi connectivity index (χ3n) is 7.01. The van der Waals surface area contributed by atoms with Gasteiger partial charge in [0.25, 0.3) is 0 Å². The number of aliphatic carboxylic acids is 1. The molecule has 2 aromatic rings. The molecule has 1 aliphatic carbocycles. The van der Waals surface area contributed by atoms with E-state index in [0.29, 0.717) is 6.42 Å². The number of aryl methyl sites for hydroxylation is 1. The number of rotatable bonds is 15. The molecule has 1 aromatic heterocycles. The Kier molecular flexibility index (Phi) is 15.0. The number of carboxylic acids is 1. The number of aromatic nitrogens is 2. The molecular formula is C31H48N2O2.